The van der Waals surface area contributed by atoms with Gasteiger partial charge in [-0.15, -0.1) is 12.4 Å². The van der Waals surface area contributed by atoms with Crippen LogP contribution >= 0.6 is 12.4 Å². The second-order valence-electron chi connectivity index (χ2n) is 4.16. The molecule has 3 heterocycles. The number of nitrogen functional groups attached to an aromatic ring is 1. The smallest absolute Gasteiger partial charge is 0.144 e. The van der Waals surface area contributed by atoms with Gasteiger partial charge in [-0.1, -0.05) is 6.92 Å². The van der Waals surface area contributed by atoms with Crippen molar-refractivity contribution in [1.29, 1.82) is 0 Å². The lowest BCUT2D eigenvalue weighted by atomic mass is 10.0. The molecule has 0 radical (unpaired) electrons. The predicted molar refractivity (Wildman–Crippen MR) is 79.5 cm³/mol. The van der Waals surface area contributed by atoms with Crippen molar-refractivity contribution >= 4 is 23.9 Å². The molecule has 4 nitrogen and oxygen atoms in total. The highest BCUT2D eigenvalue weighted by Crippen LogP contribution is 2.27. The normalized spacial score (nSPS) is 10.4. The minimum absolute atomic E-state index is 0. The average Bonchev–Trinajstić information content (AvgIpc) is 2.86. The number of fused-ring (bicyclic) bond motifs is 1. The average molecular weight is 275 g/mol. The number of aromatic nitrogens is 3. The maximum Gasteiger partial charge on any atom is 0.144 e. The number of hydrogen-bond acceptors (Lipinski definition) is 3. The number of aryl methyl sites for hydroxylation is 1. The predicted octanol–water partition coefficient (Wildman–Crippen LogP) is 2.96. The molecule has 0 aliphatic heterocycles. The molecule has 0 saturated heterocycles. The fourth-order valence-electron chi connectivity index (χ4n) is 2.19. The van der Waals surface area contributed by atoms with Gasteiger partial charge in [-0.2, -0.15) is 0 Å². The quantitative estimate of drug-likeness (QED) is 0.782. The maximum absolute atomic E-state index is 5.74. The van der Waals surface area contributed by atoms with Gasteiger partial charge in [-0.05, 0) is 30.7 Å². The number of halogens is 1. The number of hydrogen-bond donors (Lipinski definition) is 1. The zero-order valence-electron chi connectivity index (χ0n) is 10.6. The van der Waals surface area contributed by atoms with Gasteiger partial charge >= 0.3 is 0 Å². The zero-order valence-corrected chi connectivity index (χ0v) is 11.4. The van der Waals surface area contributed by atoms with Crippen LogP contribution in [0.25, 0.3) is 16.8 Å². The second kappa shape index (κ2) is 5.28. The van der Waals surface area contributed by atoms with Crippen LogP contribution in [0.4, 0.5) is 5.82 Å². The van der Waals surface area contributed by atoms with E-state index < -0.39 is 0 Å². The van der Waals surface area contributed by atoms with Crippen molar-refractivity contribution in [2.75, 3.05) is 5.73 Å². The van der Waals surface area contributed by atoms with Crippen molar-refractivity contribution in [3.63, 3.8) is 0 Å². The van der Waals surface area contributed by atoms with E-state index in [1.165, 1.54) is 0 Å². The molecule has 3 aromatic heterocycles. The SMILES string of the molecule is CCc1nc(N)ccc1-c1cccn2ccnc12.Cl. The fourth-order valence-corrected chi connectivity index (χ4v) is 2.19. The van der Waals surface area contributed by atoms with Gasteiger partial charge in [0.25, 0.3) is 0 Å². The van der Waals surface area contributed by atoms with E-state index in [4.69, 9.17) is 5.73 Å². The summed E-state index contributed by atoms with van der Waals surface area (Å²) < 4.78 is 2.01. The van der Waals surface area contributed by atoms with Crippen LogP contribution in [0.3, 0.4) is 0 Å². The highest BCUT2D eigenvalue weighted by atomic mass is 35.5. The van der Waals surface area contributed by atoms with E-state index in [2.05, 4.69) is 23.0 Å². The first-order valence-electron chi connectivity index (χ1n) is 5.97. The Morgan fingerprint density at radius 3 is 2.79 bits per heavy atom. The number of nitrogens with two attached hydrogens (primary N) is 1. The van der Waals surface area contributed by atoms with E-state index in [0.29, 0.717) is 5.82 Å². The van der Waals surface area contributed by atoms with Crippen molar-refractivity contribution in [3.05, 3.63) is 48.5 Å². The molecule has 0 aromatic carbocycles. The lowest BCUT2D eigenvalue weighted by molar-refractivity contribution is 1.04. The molecule has 3 aromatic rings. The van der Waals surface area contributed by atoms with Crippen LogP contribution in [0.1, 0.15) is 12.6 Å². The van der Waals surface area contributed by atoms with Crippen molar-refractivity contribution in [1.82, 2.24) is 14.4 Å². The van der Waals surface area contributed by atoms with E-state index in [1.807, 2.05) is 35.0 Å². The minimum Gasteiger partial charge on any atom is -0.384 e. The van der Waals surface area contributed by atoms with E-state index in [1.54, 1.807) is 6.20 Å². The van der Waals surface area contributed by atoms with E-state index in [-0.39, 0.29) is 12.4 Å². The summed E-state index contributed by atoms with van der Waals surface area (Å²) in [6, 6.07) is 7.93. The Bertz CT molecular complexity index is 705. The van der Waals surface area contributed by atoms with Crippen molar-refractivity contribution < 1.29 is 0 Å². The Morgan fingerprint density at radius 2 is 2.00 bits per heavy atom. The molecule has 0 aliphatic rings. The second-order valence-corrected chi connectivity index (χ2v) is 4.16. The summed E-state index contributed by atoms with van der Waals surface area (Å²) >= 11 is 0. The standard InChI is InChI=1S/C14H14N4.ClH/c1-2-12-10(5-6-13(15)17-12)11-4-3-8-18-9-7-16-14(11)18;/h3-9H,2H2,1H3,(H2,15,17);1H. The van der Waals surface area contributed by atoms with Gasteiger partial charge in [0.15, 0.2) is 0 Å². The summed E-state index contributed by atoms with van der Waals surface area (Å²) in [5.41, 5.74) is 9.88. The number of nitrogens with zero attached hydrogens (tertiary/aromatic N) is 3. The Kier molecular flexibility index (Phi) is 3.71. The van der Waals surface area contributed by atoms with Gasteiger partial charge in [0.1, 0.15) is 11.5 Å². The van der Waals surface area contributed by atoms with Gasteiger partial charge in [-0.3, -0.25) is 0 Å². The molecule has 0 unspecified atom stereocenters. The van der Waals surface area contributed by atoms with Gasteiger partial charge in [0.05, 0.1) is 5.69 Å². The molecule has 0 spiro atoms. The third-order valence-electron chi connectivity index (χ3n) is 3.04. The summed E-state index contributed by atoms with van der Waals surface area (Å²) in [6.45, 7) is 2.08. The number of rotatable bonds is 2. The van der Waals surface area contributed by atoms with Crippen LogP contribution in [-0.4, -0.2) is 14.4 Å². The molecule has 2 N–H and O–H groups in total. The Balaban J connectivity index is 0.00000133. The van der Waals surface area contributed by atoms with Crippen molar-refractivity contribution in [2.45, 2.75) is 13.3 Å². The van der Waals surface area contributed by atoms with Gasteiger partial charge in [0, 0.05) is 29.7 Å². The maximum atomic E-state index is 5.74. The molecule has 0 bridgehead atoms. The van der Waals surface area contributed by atoms with Crippen LogP contribution < -0.4 is 5.73 Å². The third kappa shape index (κ3) is 2.27. The van der Waals surface area contributed by atoms with Crippen LogP contribution in [-0.2, 0) is 6.42 Å². The fraction of sp³-hybridized carbons (Fsp3) is 0.143. The molecule has 0 amide bonds. The third-order valence-corrected chi connectivity index (χ3v) is 3.04. The first kappa shape index (κ1) is 13.4. The van der Waals surface area contributed by atoms with Crippen LogP contribution in [0.5, 0.6) is 0 Å². The zero-order chi connectivity index (χ0) is 12.5. The van der Waals surface area contributed by atoms with Crippen molar-refractivity contribution in [3.8, 4) is 11.1 Å². The molecule has 98 valence electrons. The lowest BCUT2D eigenvalue weighted by Gasteiger charge is -2.09. The molecule has 0 aliphatic carbocycles. The summed E-state index contributed by atoms with van der Waals surface area (Å²) in [7, 11) is 0. The van der Waals surface area contributed by atoms with E-state index in [9.17, 15) is 0 Å². The summed E-state index contributed by atoms with van der Waals surface area (Å²) in [4.78, 5) is 8.80. The van der Waals surface area contributed by atoms with Gasteiger partial charge in [-0.25, -0.2) is 9.97 Å². The summed E-state index contributed by atoms with van der Waals surface area (Å²) in [5, 5.41) is 0. The number of imidazole rings is 1. The first-order valence-corrected chi connectivity index (χ1v) is 5.97. The summed E-state index contributed by atoms with van der Waals surface area (Å²) in [6.07, 6.45) is 6.58. The number of pyridine rings is 2. The molecule has 3 rings (SSSR count). The largest absolute Gasteiger partial charge is 0.384 e. The lowest BCUT2D eigenvalue weighted by Crippen LogP contribution is -1.98. The van der Waals surface area contributed by atoms with Crippen molar-refractivity contribution in [2.24, 2.45) is 0 Å². The monoisotopic (exact) mass is 274 g/mol. The Labute approximate surface area is 117 Å². The molecule has 5 heteroatoms. The number of anilines is 1. The highest BCUT2D eigenvalue weighted by Gasteiger charge is 2.10. The summed E-state index contributed by atoms with van der Waals surface area (Å²) in [5.74, 6) is 0.561. The molecular formula is C14H15ClN4. The topological polar surface area (TPSA) is 56.2 Å². The Hall–Kier alpha value is -2.07. The van der Waals surface area contributed by atoms with Gasteiger partial charge in [0.2, 0.25) is 0 Å². The molecule has 0 saturated carbocycles. The molecular weight excluding hydrogens is 260 g/mol. The molecule has 0 atom stereocenters. The van der Waals surface area contributed by atoms with Crippen LogP contribution in [0.2, 0.25) is 0 Å². The van der Waals surface area contributed by atoms with E-state index in [0.717, 1.165) is 28.9 Å². The van der Waals surface area contributed by atoms with E-state index >= 15 is 0 Å². The Morgan fingerprint density at radius 1 is 1.16 bits per heavy atom. The van der Waals surface area contributed by atoms with Gasteiger partial charge < -0.3 is 10.1 Å². The minimum atomic E-state index is 0. The molecule has 19 heavy (non-hydrogen) atoms. The van der Waals surface area contributed by atoms with Crippen LogP contribution in [0.15, 0.2) is 42.9 Å². The molecule has 0 fully saturated rings. The first-order chi connectivity index (χ1) is 8.79. The van der Waals surface area contributed by atoms with Crippen LogP contribution in [0, 0.1) is 0 Å². The highest BCUT2D eigenvalue weighted by molar-refractivity contribution is 5.85.